The van der Waals surface area contributed by atoms with Crippen molar-refractivity contribution in [1.29, 1.82) is 0 Å². The van der Waals surface area contributed by atoms with E-state index in [2.05, 4.69) is 4.98 Å². The Balaban J connectivity index is 1.83. The zero-order valence-corrected chi connectivity index (χ0v) is 11.5. The van der Waals surface area contributed by atoms with E-state index >= 15 is 0 Å². The fraction of sp³-hybridized carbons (Fsp3) is 0.188. The molecule has 0 saturated carbocycles. The Labute approximate surface area is 127 Å². The third-order valence-electron chi connectivity index (χ3n) is 3.87. The van der Waals surface area contributed by atoms with Crippen molar-refractivity contribution in [3.63, 3.8) is 0 Å². The molecule has 0 bridgehead atoms. The van der Waals surface area contributed by atoms with Crippen LogP contribution in [0.15, 0.2) is 46.9 Å². The van der Waals surface area contributed by atoms with Crippen molar-refractivity contribution in [1.82, 2.24) is 4.98 Å². The lowest BCUT2D eigenvalue weighted by Gasteiger charge is -2.21. The van der Waals surface area contributed by atoms with E-state index in [1.165, 1.54) is 12.1 Å². The predicted octanol–water partition coefficient (Wildman–Crippen LogP) is 4.12. The minimum atomic E-state index is -3.70. The van der Waals surface area contributed by atoms with Gasteiger partial charge in [0.05, 0.1) is 6.61 Å². The summed E-state index contributed by atoms with van der Waals surface area (Å²) in [5.74, 6) is -6.52. The Morgan fingerprint density at radius 2 is 1.83 bits per heavy atom. The number of aromatic nitrogens is 1. The van der Waals surface area contributed by atoms with Gasteiger partial charge in [0.25, 0.3) is 5.89 Å². The highest BCUT2D eigenvalue weighted by atomic mass is 19.3. The molecule has 118 valence electrons. The molecule has 0 amide bonds. The van der Waals surface area contributed by atoms with E-state index in [1.54, 1.807) is 12.1 Å². The number of rotatable bonds is 3. The molecule has 0 radical (unpaired) electrons. The van der Waals surface area contributed by atoms with Gasteiger partial charge >= 0.3 is 5.92 Å². The van der Waals surface area contributed by atoms with Gasteiger partial charge in [0.1, 0.15) is 17.2 Å². The molecule has 1 fully saturated rings. The van der Waals surface area contributed by atoms with Crippen LogP contribution in [0.1, 0.15) is 11.5 Å². The number of hydrogen-bond acceptors (Lipinski definition) is 3. The van der Waals surface area contributed by atoms with Gasteiger partial charge in [-0.1, -0.05) is 12.1 Å². The van der Waals surface area contributed by atoms with Crippen LogP contribution in [-0.2, 0) is 16.3 Å². The molecular formula is C16H9F4NO2. The van der Waals surface area contributed by atoms with Gasteiger partial charge < -0.3 is 9.15 Å². The van der Waals surface area contributed by atoms with Crippen LogP contribution in [0, 0.1) is 11.6 Å². The molecule has 1 saturated heterocycles. The Bertz CT molecular complexity index is 869. The number of para-hydroxylation sites is 2. The van der Waals surface area contributed by atoms with E-state index in [0.717, 1.165) is 12.1 Å². The first kappa shape index (κ1) is 14.2. The molecule has 1 aliphatic heterocycles. The summed E-state index contributed by atoms with van der Waals surface area (Å²) >= 11 is 0. The van der Waals surface area contributed by atoms with Gasteiger partial charge in [-0.15, -0.1) is 0 Å². The van der Waals surface area contributed by atoms with Crippen molar-refractivity contribution in [3.8, 4) is 0 Å². The van der Waals surface area contributed by atoms with Crippen molar-refractivity contribution >= 4 is 11.1 Å². The van der Waals surface area contributed by atoms with E-state index in [1.807, 2.05) is 0 Å². The van der Waals surface area contributed by atoms with E-state index in [0.29, 0.717) is 6.07 Å². The summed E-state index contributed by atoms with van der Waals surface area (Å²) in [7, 11) is 0. The lowest BCUT2D eigenvalue weighted by Crippen LogP contribution is -2.33. The van der Waals surface area contributed by atoms with Crippen molar-refractivity contribution in [2.75, 3.05) is 6.61 Å². The topological polar surface area (TPSA) is 38.6 Å². The average molecular weight is 323 g/mol. The molecule has 7 heteroatoms. The average Bonchev–Trinajstić information content (AvgIpc) is 3.20. The molecule has 2 aromatic carbocycles. The second-order valence-electron chi connectivity index (χ2n) is 5.30. The normalized spacial score (nSPS) is 20.9. The Kier molecular flexibility index (Phi) is 2.81. The SMILES string of the molecule is Fc1ccc(C2(C(F)(F)c3nc4ccccc4o3)CO2)c(F)c1. The number of hydrogen-bond donors (Lipinski definition) is 0. The summed E-state index contributed by atoms with van der Waals surface area (Å²) in [5, 5.41) is 0. The summed E-state index contributed by atoms with van der Waals surface area (Å²) in [4.78, 5) is 3.77. The second-order valence-corrected chi connectivity index (χ2v) is 5.30. The van der Waals surface area contributed by atoms with Gasteiger partial charge in [0.15, 0.2) is 11.2 Å². The van der Waals surface area contributed by atoms with Crippen LogP contribution in [0.2, 0.25) is 0 Å². The number of nitrogens with zero attached hydrogens (tertiary/aromatic N) is 1. The highest BCUT2D eigenvalue weighted by molar-refractivity contribution is 5.72. The van der Waals surface area contributed by atoms with Crippen molar-refractivity contribution in [2.45, 2.75) is 11.5 Å². The maximum atomic E-state index is 14.9. The third kappa shape index (κ3) is 1.96. The molecule has 1 atom stereocenters. The smallest absolute Gasteiger partial charge is 0.356 e. The Morgan fingerprint density at radius 3 is 2.48 bits per heavy atom. The van der Waals surface area contributed by atoms with E-state index in [4.69, 9.17) is 9.15 Å². The Hall–Kier alpha value is -2.41. The van der Waals surface area contributed by atoms with Crippen molar-refractivity contribution < 1.29 is 26.7 Å². The third-order valence-corrected chi connectivity index (χ3v) is 3.87. The van der Waals surface area contributed by atoms with E-state index in [-0.39, 0.29) is 11.1 Å². The molecule has 2 heterocycles. The highest BCUT2D eigenvalue weighted by Crippen LogP contribution is 2.56. The van der Waals surface area contributed by atoms with Crippen LogP contribution in [0.5, 0.6) is 0 Å². The van der Waals surface area contributed by atoms with Crippen LogP contribution in [0.25, 0.3) is 11.1 Å². The van der Waals surface area contributed by atoms with Crippen molar-refractivity contribution in [2.24, 2.45) is 0 Å². The summed E-state index contributed by atoms with van der Waals surface area (Å²) < 4.78 is 66.7. The Morgan fingerprint density at radius 1 is 1.09 bits per heavy atom. The summed E-state index contributed by atoms with van der Waals surface area (Å²) in [6, 6.07) is 8.69. The maximum Gasteiger partial charge on any atom is 0.356 e. The number of epoxide rings is 1. The minimum Gasteiger partial charge on any atom is -0.435 e. The molecule has 3 aromatic rings. The summed E-state index contributed by atoms with van der Waals surface area (Å²) in [6.45, 7) is -0.415. The van der Waals surface area contributed by atoms with Gasteiger partial charge in [0, 0.05) is 11.6 Å². The van der Waals surface area contributed by atoms with Crippen LogP contribution in [0.4, 0.5) is 17.6 Å². The molecule has 0 aliphatic carbocycles. The van der Waals surface area contributed by atoms with E-state index < -0.39 is 41.2 Å². The molecule has 1 aromatic heterocycles. The predicted molar refractivity (Wildman–Crippen MR) is 71.9 cm³/mol. The number of ether oxygens (including phenoxy) is 1. The first-order chi connectivity index (χ1) is 10.9. The zero-order chi connectivity index (χ0) is 16.2. The fourth-order valence-corrected chi connectivity index (χ4v) is 2.57. The lowest BCUT2D eigenvalue weighted by molar-refractivity contribution is -0.106. The standard InChI is InChI=1S/C16H9F4NO2/c17-9-5-6-10(11(18)7-9)15(8-22-15)16(19,20)14-21-12-3-1-2-4-13(12)23-14/h1-7H,8H2. The molecule has 1 aliphatic rings. The molecule has 3 nitrogen and oxygen atoms in total. The van der Waals surface area contributed by atoms with Gasteiger partial charge in [0.2, 0.25) is 0 Å². The van der Waals surface area contributed by atoms with Crippen molar-refractivity contribution in [3.05, 3.63) is 65.6 Å². The zero-order valence-electron chi connectivity index (χ0n) is 11.5. The largest absolute Gasteiger partial charge is 0.435 e. The van der Waals surface area contributed by atoms with Gasteiger partial charge in [-0.3, -0.25) is 0 Å². The quantitative estimate of drug-likeness (QED) is 0.537. The number of oxazole rings is 1. The highest BCUT2D eigenvalue weighted by Gasteiger charge is 2.70. The molecular weight excluding hydrogens is 314 g/mol. The van der Waals surface area contributed by atoms with Gasteiger partial charge in [-0.25, -0.2) is 13.8 Å². The van der Waals surface area contributed by atoms with Crippen LogP contribution in [0.3, 0.4) is 0 Å². The fourth-order valence-electron chi connectivity index (χ4n) is 2.57. The number of alkyl halides is 2. The van der Waals surface area contributed by atoms with Gasteiger partial charge in [-0.05, 0) is 24.3 Å². The van der Waals surface area contributed by atoms with Gasteiger partial charge in [-0.2, -0.15) is 8.78 Å². The molecule has 0 spiro atoms. The second kappa shape index (κ2) is 4.55. The molecule has 1 unspecified atom stereocenters. The summed E-state index contributed by atoms with van der Waals surface area (Å²) in [6.07, 6.45) is 0. The number of halogens is 4. The minimum absolute atomic E-state index is 0.192. The lowest BCUT2D eigenvalue weighted by atomic mass is 9.92. The molecule has 23 heavy (non-hydrogen) atoms. The summed E-state index contributed by atoms with van der Waals surface area (Å²) in [5.41, 5.74) is -2.20. The molecule has 4 rings (SSSR count). The first-order valence-corrected chi connectivity index (χ1v) is 6.77. The first-order valence-electron chi connectivity index (χ1n) is 6.77. The maximum absolute atomic E-state index is 14.9. The van der Waals surface area contributed by atoms with Crippen LogP contribution >= 0.6 is 0 Å². The monoisotopic (exact) mass is 323 g/mol. The van der Waals surface area contributed by atoms with Crippen LogP contribution in [-0.4, -0.2) is 11.6 Å². The van der Waals surface area contributed by atoms with Crippen LogP contribution < -0.4 is 0 Å². The number of fused-ring (bicyclic) bond motifs is 1. The number of benzene rings is 2. The molecule has 0 N–H and O–H groups in total. The van der Waals surface area contributed by atoms with E-state index in [9.17, 15) is 17.6 Å².